The number of methoxy groups -OCH3 is 1. The van der Waals surface area contributed by atoms with E-state index in [0.29, 0.717) is 22.9 Å². The first-order valence-electron chi connectivity index (χ1n) is 8.50. The number of hydrogen-bond donors (Lipinski definition) is 2. The standard InChI is InChI=1S/C20H25N3O4/c1-14-8-9-17(18(10-14)27-13-20(25)23(2)3)21-12-19(24)22-15-6-5-7-16(11-15)26-4/h5-11,21H,12-13H2,1-4H3,(H,22,24). The fraction of sp³-hybridized carbons (Fsp3) is 0.300. The number of nitrogens with one attached hydrogen (secondary N) is 2. The first-order chi connectivity index (χ1) is 12.9. The number of anilines is 2. The molecule has 0 saturated carbocycles. The molecule has 2 N–H and O–H groups in total. The summed E-state index contributed by atoms with van der Waals surface area (Å²) in [4.78, 5) is 25.4. The lowest BCUT2D eigenvalue weighted by atomic mass is 10.2. The predicted molar refractivity (Wildman–Crippen MR) is 105 cm³/mol. The lowest BCUT2D eigenvalue weighted by molar-refractivity contribution is -0.130. The number of carbonyl (C=O) groups excluding carboxylic acids is 2. The molecule has 0 aliphatic heterocycles. The van der Waals surface area contributed by atoms with E-state index in [0.717, 1.165) is 5.56 Å². The van der Waals surface area contributed by atoms with Gasteiger partial charge < -0.3 is 25.0 Å². The molecular formula is C20H25N3O4. The molecule has 7 heteroatoms. The van der Waals surface area contributed by atoms with Crippen molar-refractivity contribution in [3.8, 4) is 11.5 Å². The van der Waals surface area contributed by atoms with Crippen LogP contribution in [0.4, 0.5) is 11.4 Å². The number of aryl methyl sites for hydroxylation is 1. The molecule has 0 bridgehead atoms. The minimum absolute atomic E-state index is 0.0538. The van der Waals surface area contributed by atoms with Crippen LogP contribution in [0.1, 0.15) is 5.56 Å². The number of likely N-dealkylation sites (N-methyl/N-ethyl adjacent to an activating group) is 1. The molecule has 0 heterocycles. The van der Waals surface area contributed by atoms with Gasteiger partial charge in [-0.1, -0.05) is 12.1 Å². The topological polar surface area (TPSA) is 79.9 Å². The van der Waals surface area contributed by atoms with Crippen LogP contribution in [0.3, 0.4) is 0 Å². The van der Waals surface area contributed by atoms with Crippen LogP contribution >= 0.6 is 0 Å². The molecule has 0 atom stereocenters. The second-order valence-corrected chi connectivity index (χ2v) is 6.21. The largest absolute Gasteiger partial charge is 0.497 e. The minimum Gasteiger partial charge on any atom is -0.497 e. The van der Waals surface area contributed by atoms with Crippen molar-refractivity contribution in [3.05, 3.63) is 48.0 Å². The van der Waals surface area contributed by atoms with Crippen molar-refractivity contribution < 1.29 is 19.1 Å². The predicted octanol–water partition coefficient (Wildman–Crippen LogP) is 2.52. The highest BCUT2D eigenvalue weighted by Crippen LogP contribution is 2.25. The zero-order valence-corrected chi connectivity index (χ0v) is 16.0. The molecule has 2 aromatic rings. The highest BCUT2D eigenvalue weighted by atomic mass is 16.5. The van der Waals surface area contributed by atoms with Crippen molar-refractivity contribution in [1.29, 1.82) is 0 Å². The molecule has 2 rings (SSSR count). The van der Waals surface area contributed by atoms with E-state index in [9.17, 15) is 9.59 Å². The van der Waals surface area contributed by atoms with E-state index >= 15 is 0 Å². The van der Waals surface area contributed by atoms with Crippen molar-refractivity contribution in [3.63, 3.8) is 0 Å². The Bertz CT molecular complexity index is 806. The Morgan fingerprint density at radius 1 is 1.11 bits per heavy atom. The van der Waals surface area contributed by atoms with E-state index in [1.807, 2.05) is 25.1 Å². The molecule has 0 saturated heterocycles. The van der Waals surface area contributed by atoms with Crippen molar-refractivity contribution in [2.75, 3.05) is 45.0 Å². The summed E-state index contributed by atoms with van der Waals surface area (Å²) in [5, 5.41) is 5.85. The molecule has 2 amide bonds. The van der Waals surface area contributed by atoms with Gasteiger partial charge in [-0.2, -0.15) is 0 Å². The molecule has 0 aromatic heterocycles. The van der Waals surface area contributed by atoms with Crippen molar-refractivity contribution in [2.24, 2.45) is 0 Å². The molecule has 0 fully saturated rings. The number of nitrogens with zero attached hydrogens (tertiary/aromatic N) is 1. The summed E-state index contributed by atoms with van der Waals surface area (Å²) in [6.07, 6.45) is 0. The van der Waals surface area contributed by atoms with E-state index in [4.69, 9.17) is 9.47 Å². The lowest BCUT2D eigenvalue weighted by Gasteiger charge is -2.16. The maximum Gasteiger partial charge on any atom is 0.259 e. The zero-order valence-electron chi connectivity index (χ0n) is 16.0. The summed E-state index contributed by atoms with van der Waals surface area (Å²) >= 11 is 0. The summed E-state index contributed by atoms with van der Waals surface area (Å²) in [7, 11) is 4.91. The van der Waals surface area contributed by atoms with Crippen LogP contribution in [0, 0.1) is 6.92 Å². The third-order valence-corrected chi connectivity index (χ3v) is 3.78. The molecule has 144 valence electrons. The maximum atomic E-state index is 12.2. The highest BCUT2D eigenvalue weighted by molar-refractivity contribution is 5.94. The van der Waals surface area contributed by atoms with Gasteiger partial charge in [-0.3, -0.25) is 9.59 Å². The van der Waals surface area contributed by atoms with Crippen molar-refractivity contribution in [1.82, 2.24) is 4.90 Å². The summed E-state index contributed by atoms with van der Waals surface area (Å²) in [6.45, 7) is 1.92. The number of amides is 2. The molecule has 0 aliphatic carbocycles. The van der Waals surface area contributed by atoms with Gasteiger partial charge in [0.05, 0.1) is 19.3 Å². The highest BCUT2D eigenvalue weighted by Gasteiger charge is 2.10. The molecule has 0 spiro atoms. The van der Waals surface area contributed by atoms with Gasteiger partial charge in [-0.05, 0) is 36.8 Å². The van der Waals surface area contributed by atoms with Crippen LogP contribution < -0.4 is 20.1 Å². The van der Waals surface area contributed by atoms with E-state index in [-0.39, 0.29) is 25.0 Å². The molecule has 27 heavy (non-hydrogen) atoms. The Morgan fingerprint density at radius 2 is 1.89 bits per heavy atom. The second-order valence-electron chi connectivity index (χ2n) is 6.21. The third kappa shape index (κ3) is 6.22. The van der Waals surface area contributed by atoms with Crippen LogP contribution in [0.2, 0.25) is 0 Å². The van der Waals surface area contributed by atoms with Gasteiger partial charge in [0.2, 0.25) is 5.91 Å². The Labute approximate surface area is 159 Å². The first-order valence-corrected chi connectivity index (χ1v) is 8.50. The van der Waals surface area contributed by atoms with Crippen molar-refractivity contribution in [2.45, 2.75) is 6.92 Å². The second kappa shape index (κ2) is 9.47. The Kier molecular flexibility index (Phi) is 7.05. The fourth-order valence-electron chi connectivity index (χ4n) is 2.25. The SMILES string of the molecule is COc1cccc(NC(=O)CNc2ccc(C)cc2OCC(=O)N(C)C)c1. The van der Waals surface area contributed by atoms with Gasteiger partial charge in [-0.25, -0.2) is 0 Å². The van der Waals surface area contributed by atoms with Crippen LogP contribution in [-0.4, -0.2) is 51.1 Å². The number of benzene rings is 2. The van der Waals surface area contributed by atoms with Gasteiger partial charge in [0.1, 0.15) is 11.5 Å². The van der Waals surface area contributed by atoms with Gasteiger partial charge in [0.15, 0.2) is 6.61 Å². The number of carbonyl (C=O) groups is 2. The molecular weight excluding hydrogens is 346 g/mol. The van der Waals surface area contributed by atoms with Crippen molar-refractivity contribution >= 4 is 23.2 Å². The summed E-state index contributed by atoms with van der Waals surface area (Å²) in [5.74, 6) is 0.845. The van der Waals surface area contributed by atoms with Gasteiger partial charge in [-0.15, -0.1) is 0 Å². The van der Waals surface area contributed by atoms with E-state index in [1.54, 1.807) is 45.5 Å². The monoisotopic (exact) mass is 371 g/mol. The fourth-order valence-corrected chi connectivity index (χ4v) is 2.25. The van der Waals surface area contributed by atoms with Gasteiger partial charge in [0, 0.05) is 25.8 Å². The lowest BCUT2D eigenvalue weighted by Crippen LogP contribution is -2.28. The van der Waals surface area contributed by atoms with Crippen LogP contribution in [0.5, 0.6) is 11.5 Å². The minimum atomic E-state index is -0.209. The average Bonchev–Trinajstić information content (AvgIpc) is 2.65. The number of ether oxygens (including phenoxy) is 2. The quantitative estimate of drug-likeness (QED) is 0.745. The third-order valence-electron chi connectivity index (χ3n) is 3.78. The van der Waals surface area contributed by atoms with Crippen LogP contribution in [0.25, 0.3) is 0 Å². The smallest absolute Gasteiger partial charge is 0.259 e. The molecule has 0 radical (unpaired) electrons. The summed E-state index contributed by atoms with van der Waals surface area (Å²) < 4.78 is 10.8. The molecule has 0 unspecified atom stereocenters. The Balaban J connectivity index is 1.97. The summed E-state index contributed by atoms with van der Waals surface area (Å²) in [6, 6.07) is 12.7. The van der Waals surface area contributed by atoms with Gasteiger partial charge in [0.25, 0.3) is 5.91 Å². The average molecular weight is 371 g/mol. The summed E-state index contributed by atoms with van der Waals surface area (Å²) in [5.41, 5.74) is 2.29. The number of hydrogen-bond acceptors (Lipinski definition) is 5. The Morgan fingerprint density at radius 3 is 2.59 bits per heavy atom. The van der Waals surface area contributed by atoms with E-state index < -0.39 is 0 Å². The van der Waals surface area contributed by atoms with E-state index in [2.05, 4.69) is 10.6 Å². The zero-order chi connectivity index (χ0) is 19.8. The molecule has 0 aliphatic rings. The normalized spacial score (nSPS) is 10.1. The Hall–Kier alpha value is -3.22. The van der Waals surface area contributed by atoms with E-state index in [1.165, 1.54) is 4.90 Å². The van der Waals surface area contributed by atoms with Crippen LogP contribution in [0.15, 0.2) is 42.5 Å². The first kappa shape index (κ1) is 20.1. The number of rotatable bonds is 8. The maximum absolute atomic E-state index is 12.2. The molecule has 7 nitrogen and oxygen atoms in total. The van der Waals surface area contributed by atoms with Gasteiger partial charge >= 0.3 is 0 Å². The van der Waals surface area contributed by atoms with Crippen LogP contribution in [-0.2, 0) is 9.59 Å². The molecule has 2 aromatic carbocycles.